The Balaban J connectivity index is 0.000000294. The van der Waals surface area contributed by atoms with Crippen molar-refractivity contribution in [3.8, 4) is 11.1 Å². The SMILES string of the molecule is CC.CC.CC.CC.CCc1cc(C)cc(Cc2cccc3c2c2ccccc2n3CC)c1.c1ccc2c(c1)Cc1ccccc1-2. The van der Waals surface area contributed by atoms with Crippen LogP contribution in [-0.4, -0.2) is 4.57 Å². The van der Waals surface area contributed by atoms with Gasteiger partial charge in [-0.2, -0.15) is 0 Å². The van der Waals surface area contributed by atoms with E-state index in [1.165, 1.54) is 66.3 Å². The number of fused-ring (bicyclic) bond motifs is 6. The van der Waals surface area contributed by atoms with Crippen molar-refractivity contribution in [1.29, 1.82) is 0 Å². The summed E-state index contributed by atoms with van der Waals surface area (Å²) in [6.07, 6.45) is 3.18. The van der Waals surface area contributed by atoms with Crippen LogP contribution in [0.3, 0.4) is 0 Å². The van der Waals surface area contributed by atoms with E-state index in [1.807, 2.05) is 55.4 Å². The molecule has 1 heteroatoms. The molecule has 5 aromatic carbocycles. The van der Waals surface area contributed by atoms with Crippen molar-refractivity contribution < 1.29 is 0 Å². The molecule has 244 valence electrons. The van der Waals surface area contributed by atoms with Crippen molar-refractivity contribution >= 4 is 21.8 Å². The second-order valence-electron chi connectivity index (χ2n) is 10.4. The van der Waals surface area contributed by atoms with E-state index in [4.69, 9.17) is 0 Å². The molecule has 0 aliphatic heterocycles. The highest BCUT2D eigenvalue weighted by Gasteiger charge is 2.16. The fourth-order valence-electron chi connectivity index (χ4n) is 6.21. The van der Waals surface area contributed by atoms with Crippen LogP contribution >= 0.6 is 0 Å². The Morgan fingerprint density at radius 1 is 0.543 bits per heavy atom. The van der Waals surface area contributed by atoms with Gasteiger partial charge in [-0.25, -0.2) is 0 Å². The number of nitrogens with zero attached hydrogens (tertiary/aromatic N) is 1. The van der Waals surface area contributed by atoms with Gasteiger partial charge in [0.05, 0.1) is 0 Å². The smallest absolute Gasteiger partial charge is 0.0494 e. The van der Waals surface area contributed by atoms with Crippen molar-refractivity contribution in [2.75, 3.05) is 0 Å². The maximum absolute atomic E-state index is 2.43. The Labute approximate surface area is 281 Å². The Morgan fingerprint density at radius 2 is 1.07 bits per heavy atom. The fourth-order valence-corrected chi connectivity index (χ4v) is 6.21. The monoisotopic (exact) mass is 613 g/mol. The minimum absolute atomic E-state index is 0.990. The van der Waals surface area contributed by atoms with Crippen molar-refractivity contribution in [1.82, 2.24) is 4.57 Å². The summed E-state index contributed by atoms with van der Waals surface area (Å²) in [6.45, 7) is 23.7. The van der Waals surface area contributed by atoms with Crippen molar-refractivity contribution in [3.63, 3.8) is 0 Å². The Morgan fingerprint density at radius 3 is 1.65 bits per heavy atom. The third-order valence-electron chi connectivity index (χ3n) is 7.91. The average Bonchev–Trinajstić information content (AvgIpc) is 3.68. The zero-order chi connectivity index (χ0) is 34.1. The summed E-state index contributed by atoms with van der Waals surface area (Å²) in [5.41, 5.74) is 14.1. The molecule has 1 nitrogen and oxygen atoms in total. The van der Waals surface area contributed by atoms with Gasteiger partial charge in [-0.3, -0.25) is 0 Å². The molecule has 0 N–H and O–H groups in total. The van der Waals surface area contributed by atoms with Gasteiger partial charge >= 0.3 is 0 Å². The van der Waals surface area contributed by atoms with Crippen LogP contribution in [0.2, 0.25) is 0 Å². The first kappa shape index (κ1) is 38.1. The van der Waals surface area contributed by atoms with Crippen LogP contribution in [0.15, 0.2) is 109 Å². The van der Waals surface area contributed by atoms with Crippen LogP contribution in [0.1, 0.15) is 103 Å². The van der Waals surface area contributed by atoms with E-state index in [2.05, 4.69) is 135 Å². The molecule has 1 aliphatic carbocycles. The fraction of sp³-hybridized carbons (Fsp3) is 0.333. The lowest BCUT2D eigenvalue weighted by Crippen LogP contribution is -1.95. The molecule has 7 rings (SSSR count). The largest absolute Gasteiger partial charge is 0.341 e. The van der Waals surface area contributed by atoms with E-state index >= 15 is 0 Å². The van der Waals surface area contributed by atoms with Gasteiger partial charge in [-0.1, -0.05) is 165 Å². The maximum Gasteiger partial charge on any atom is 0.0494 e. The second kappa shape index (κ2) is 20.1. The molecule has 0 radical (unpaired) electrons. The standard InChI is InChI=1S/C24H25N.C13H10.4C2H6/c1-4-18-13-17(3)14-19(15-18)16-20-9-8-12-23-24(20)21-10-6-7-11-22(21)25(23)5-2;1-3-7-12-10(5-1)9-11-6-2-4-8-13(11)12;4*1-2/h6-15H,4-5,16H2,1-3H3;1-8H,9H2;4*1-2H3. The number of rotatable bonds is 4. The molecule has 46 heavy (non-hydrogen) atoms. The summed E-state index contributed by atoms with van der Waals surface area (Å²) < 4.78 is 2.43. The minimum atomic E-state index is 0.990. The van der Waals surface area contributed by atoms with Gasteiger partial charge < -0.3 is 4.57 Å². The summed E-state index contributed by atoms with van der Waals surface area (Å²) in [7, 11) is 0. The molecular formula is C45H59N. The first-order valence-corrected chi connectivity index (χ1v) is 17.9. The number of para-hydroxylation sites is 1. The van der Waals surface area contributed by atoms with Gasteiger partial charge in [0.1, 0.15) is 0 Å². The van der Waals surface area contributed by atoms with Crippen LogP contribution in [0.4, 0.5) is 0 Å². The highest BCUT2D eigenvalue weighted by atomic mass is 15.0. The topological polar surface area (TPSA) is 4.93 Å². The summed E-state index contributed by atoms with van der Waals surface area (Å²) >= 11 is 0. The van der Waals surface area contributed by atoms with Crippen molar-refractivity contribution in [2.45, 2.75) is 102 Å². The molecule has 0 fully saturated rings. The van der Waals surface area contributed by atoms with Gasteiger partial charge in [-0.05, 0) is 84.2 Å². The quantitative estimate of drug-likeness (QED) is 0.186. The van der Waals surface area contributed by atoms with Gasteiger partial charge in [0, 0.05) is 28.4 Å². The highest BCUT2D eigenvalue weighted by Crippen LogP contribution is 2.36. The first-order valence-electron chi connectivity index (χ1n) is 17.9. The molecule has 0 saturated heterocycles. The molecule has 6 aromatic rings. The van der Waals surface area contributed by atoms with Crippen molar-refractivity contribution in [3.05, 3.63) is 143 Å². The van der Waals surface area contributed by atoms with E-state index in [9.17, 15) is 0 Å². The van der Waals surface area contributed by atoms with E-state index < -0.39 is 0 Å². The lowest BCUT2D eigenvalue weighted by Gasteiger charge is -2.09. The minimum Gasteiger partial charge on any atom is -0.341 e. The molecule has 0 spiro atoms. The van der Waals surface area contributed by atoms with Crippen LogP contribution < -0.4 is 0 Å². The number of benzene rings is 5. The van der Waals surface area contributed by atoms with Crippen LogP contribution in [-0.2, 0) is 25.8 Å². The lowest BCUT2D eigenvalue weighted by atomic mass is 9.96. The molecular weight excluding hydrogens is 555 g/mol. The second-order valence-corrected chi connectivity index (χ2v) is 10.4. The molecule has 1 aromatic heterocycles. The maximum atomic E-state index is 2.43. The molecule has 0 bridgehead atoms. The highest BCUT2D eigenvalue weighted by molar-refractivity contribution is 6.09. The Bertz CT molecular complexity index is 1710. The van der Waals surface area contributed by atoms with Gasteiger partial charge in [0.25, 0.3) is 0 Å². The summed E-state index contributed by atoms with van der Waals surface area (Å²) in [6, 6.07) is 39.9. The first-order chi connectivity index (χ1) is 22.7. The third kappa shape index (κ3) is 8.79. The number of aromatic nitrogens is 1. The molecule has 1 aliphatic rings. The number of aryl methyl sites for hydroxylation is 3. The van der Waals surface area contributed by atoms with E-state index in [0.29, 0.717) is 0 Å². The normalized spacial score (nSPS) is 10.2. The zero-order valence-electron chi connectivity index (χ0n) is 30.7. The predicted octanol–water partition coefficient (Wildman–Crippen LogP) is 13.6. The van der Waals surface area contributed by atoms with Crippen LogP contribution in [0, 0.1) is 6.92 Å². The Hall–Kier alpha value is -4.10. The Kier molecular flexibility index (Phi) is 16.7. The molecule has 0 amide bonds. The van der Waals surface area contributed by atoms with Crippen LogP contribution in [0.25, 0.3) is 32.9 Å². The van der Waals surface area contributed by atoms with E-state index in [0.717, 1.165) is 25.8 Å². The summed E-state index contributed by atoms with van der Waals surface area (Å²) in [4.78, 5) is 0. The summed E-state index contributed by atoms with van der Waals surface area (Å²) in [5.74, 6) is 0. The van der Waals surface area contributed by atoms with Crippen LogP contribution in [0.5, 0.6) is 0 Å². The summed E-state index contributed by atoms with van der Waals surface area (Å²) in [5, 5.41) is 2.79. The van der Waals surface area contributed by atoms with Crippen molar-refractivity contribution in [2.24, 2.45) is 0 Å². The number of hydrogen-bond acceptors (Lipinski definition) is 0. The number of hydrogen-bond donors (Lipinski definition) is 0. The molecule has 0 atom stereocenters. The lowest BCUT2D eigenvalue weighted by molar-refractivity contribution is 0.827. The van der Waals surface area contributed by atoms with Gasteiger partial charge in [-0.15, -0.1) is 0 Å². The van der Waals surface area contributed by atoms with E-state index in [1.54, 1.807) is 0 Å². The molecule has 1 heterocycles. The zero-order valence-corrected chi connectivity index (χ0v) is 30.7. The van der Waals surface area contributed by atoms with Gasteiger partial charge in [0.15, 0.2) is 0 Å². The molecule has 0 saturated carbocycles. The third-order valence-corrected chi connectivity index (χ3v) is 7.91. The molecule has 0 unspecified atom stereocenters. The van der Waals surface area contributed by atoms with E-state index in [-0.39, 0.29) is 0 Å². The average molecular weight is 614 g/mol. The van der Waals surface area contributed by atoms with Gasteiger partial charge in [0.2, 0.25) is 0 Å². The predicted molar refractivity (Wildman–Crippen MR) is 209 cm³/mol.